The lowest BCUT2D eigenvalue weighted by Crippen LogP contribution is -1.85. The van der Waals surface area contributed by atoms with Crippen molar-refractivity contribution in [3.63, 3.8) is 0 Å². The molecular weight excluding hydrogens is 199 g/mol. The maximum absolute atomic E-state index is 5.48. The van der Waals surface area contributed by atoms with Gasteiger partial charge in [-0.1, -0.05) is 39.1 Å². The minimum absolute atomic E-state index is 0.173. The summed E-state index contributed by atoms with van der Waals surface area (Å²) in [5.74, 6) is 0. The van der Waals surface area contributed by atoms with Crippen LogP contribution in [-0.2, 0) is 0 Å². The van der Waals surface area contributed by atoms with Crippen molar-refractivity contribution in [3.05, 3.63) is 10.6 Å². The summed E-state index contributed by atoms with van der Waals surface area (Å²) >= 11 is 13.9. The van der Waals surface area contributed by atoms with E-state index in [-0.39, 0.29) is 4.83 Å². The highest BCUT2D eigenvalue weighted by atomic mass is 79.9. The molecule has 0 nitrogen and oxygen atoms in total. The molecule has 0 saturated heterocycles. The molecule has 0 aliphatic carbocycles. The first kappa shape index (κ1) is 7.80. The van der Waals surface area contributed by atoms with Gasteiger partial charge in [0.15, 0.2) is 0 Å². The first-order valence-electron chi connectivity index (χ1n) is 1.78. The Morgan fingerprint density at radius 1 is 1.86 bits per heavy atom. The fourth-order valence-corrected chi connectivity index (χ4v) is 0.560. The first-order chi connectivity index (χ1) is 3.18. The van der Waals surface area contributed by atoms with E-state index in [0.29, 0.717) is 5.03 Å². The summed E-state index contributed by atoms with van der Waals surface area (Å²) in [6.45, 7) is 1.90. The van der Waals surface area contributed by atoms with Crippen molar-refractivity contribution in [2.24, 2.45) is 0 Å². The third-order valence-corrected chi connectivity index (χ3v) is 2.02. The minimum Gasteiger partial charge on any atom is -0.0917 e. The molecule has 0 bridgehead atoms. The summed E-state index contributed by atoms with van der Waals surface area (Å²) in [6, 6.07) is 0. The Morgan fingerprint density at radius 2 is 2.29 bits per heavy atom. The Kier molecular flexibility index (Phi) is 4.19. The molecule has 0 saturated carbocycles. The van der Waals surface area contributed by atoms with Crippen molar-refractivity contribution in [2.45, 2.75) is 11.8 Å². The molecule has 0 heterocycles. The Balaban J connectivity index is 3.56. The zero-order chi connectivity index (χ0) is 5.86. The molecular formula is C4H5BrCl2. The van der Waals surface area contributed by atoms with Crippen LogP contribution in [0.5, 0.6) is 0 Å². The van der Waals surface area contributed by atoms with E-state index >= 15 is 0 Å². The van der Waals surface area contributed by atoms with Crippen LogP contribution in [0.4, 0.5) is 0 Å². The monoisotopic (exact) mass is 202 g/mol. The van der Waals surface area contributed by atoms with Gasteiger partial charge < -0.3 is 0 Å². The third-order valence-electron chi connectivity index (χ3n) is 0.484. The Bertz CT molecular complexity index is 77.8. The molecule has 1 atom stereocenters. The van der Waals surface area contributed by atoms with Gasteiger partial charge in [-0.25, -0.2) is 0 Å². The highest BCUT2D eigenvalue weighted by Crippen LogP contribution is 2.15. The third kappa shape index (κ3) is 3.39. The molecule has 3 heteroatoms. The van der Waals surface area contributed by atoms with Gasteiger partial charge in [0, 0.05) is 15.4 Å². The van der Waals surface area contributed by atoms with Gasteiger partial charge in [0.1, 0.15) is 0 Å². The van der Waals surface area contributed by atoms with E-state index in [1.165, 1.54) is 5.54 Å². The fourth-order valence-electron chi connectivity index (χ4n) is 0.0868. The summed E-state index contributed by atoms with van der Waals surface area (Å²) < 4.78 is 0. The summed E-state index contributed by atoms with van der Waals surface area (Å²) in [6.07, 6.45) is 0. The predicted octanol–water partition coefficient (Wildman–Crippen LogP) is 3.09. The lowest BCUT2D eigenvalue weighted by molar-refractivity contribution is 1.25. The maximum Gasteiger partial charge on any atom is 0.0483 e. The molecule has 0 aromatic carbocycles. The van der Waals surface area contributed by atoms with Gasteiger partial charge in [-0.15, -0.1) is 0 Å². The Morgan fingerprint density at radius 3 is 2.29 bits per heavy atom. The summed E-state index contributed by atoms with van der Waals surface area (Å²) in [7, 11) is 0. The highest BCUT2D eigenvalue weighted by molar-refractivity contribution is 9.09. The van der Waals surface area contributed by atoms with Gasteiger partial charge >= 0.3 is 0 Å². The zero-order valence-corrected chi connectivity index (χ0v) is 6.89. The molecule has 7 heavy (non-hydrogen) atoms. The topological polar surface area (TPSA) is 0 Å². The van der Waals surface area contributed by atoms with Crippen LogP contribution in [0.3, 0.4) is 0 Å². The van der Waals surface area contributed by atoms with Crippen LogP contribution in [0.1, 0.15) is 6.92 Å². The van der Waals surface area contributed by atoms with Gasteiger partial charge in [-0.05, 0) is 6.92 Å². The van der Waals surface area contributed by atoms with Gasteiger partial charge in [0.05, 0.1) is 0 Å². The minimum atomic E-state index is 0.173. The van der Waals surface area contributed by atoms with Crippen molar-refractivity contribution in [1.82, 2.24) is 0 Å². The second-order valence-corrected chi connectivity index (χ2v) is 3.14. The SMILES string of the molecule is CC(Br)C(Cl)=CCl. The van der Waals surface area contributed by atoms with E-state index in [9.17, 15) is 0 Å². The molecule has 0 aromatic rings. The Labute approximate surface area is 61.6 Å². The van der Waals surface area contributed by atoms with Crippen LogP contribution in [-0.4, -0.2) is 4.83 Å². The second kappa shape index (κ2) is 3.76. The number of alkyl halides is 1. The van der Waals surface area contributed by atoms with Crippen LogP contribution in [0.15, 0.2) is 10.6 Å². The van der Waals surface area contributed by atoms with Crippen LogP contribution in [0.25, 0.3) is 0 Å². The molecule has 42 valence electrons. The van der Waals surface area contributed by atoms with Crippen molar-refractivity contribution < 1.29 is 0 Å². The molecule has 0 fully saturated rings. The van der Waals surface area contributed by atoms with Crippen molar-refractivity contribution in [2.75, 3.05) is 0 Å². The summed E-state index contributed by atoms with van der Waals surface area (Å²) in [5.41, 5.74) is 1.35. The number of rotatable bonds is 1. The molecule has 1 unspecified atom stereocenters. The summed E-state index contributed by atoms with van der Waals surface area (Å²) in [5, 5.41) is 0.627. The lowest BCUT2D eigenvalue weighted by Gasteiger charge is -1.94. The van der Waals surface area contributed by atoms with Crippen molar-refractivity contribution >= 4 is 39.1 Å². The Hall–Kier alpha value is 0.800. The van der Waals surface area contributed by atoms with Gasteiger partial charge in [-0.3, -0.25) is 0 Å². The predicted molar refractivity (Wildman–Crippen MR) is 38.2 cm³/mol. The standard InChI is InChI=1S/C4H5BrCl2/c1-3(5)4(7)2-6/h2-3H,1H3. The lowest BCUT2D eigenvalue weighted by atomic mass is 10.5. The van der Waals surface area contributed by atoms with E-state index in [1.807, 2.05) is 6.92 Å². The van der Waals surface area contributed by atoms with Gasteiger partial charge in [-0.2, -0.15) is 0 Å². The maximum atomic E-state index is 5.48. The number of halogens is 3. The van der Waals surface area contributed by atoms with E-state index in [1.54, 1.807) is 0 Å². The molecule has 0 aliphatic heterocycles. The molecule has 0 aliphatic rings. The van der Waals surface area contributed by atoms with Crippen LogP contribution in [0.2, 0.25) is 0 Å². The first-order valence-corrected chi connectivity index (χ1v) is 3.51. The van der Waals surface area contributed by atoms with Gasteiger partial charge in [0.2, 0.25) is 0 Å². The van der Waals surface area contributed by atoms with Crippen LogP contribution in [0, 0.1) is 0 Å². The average Bonchev–Trinajstić information content (AvgIpc) is 1.65. The normalized spacial score (nSPS) is 16.9. The largest absolute Gasteiger partial charge is 0.0917 e. The average molecular weight is 204 g/mol. The quantitative estimate of drug-likeness (QED) is 0.575. The van der Waals surface area contributed by atoms with Crippen LogP contribution >= 0.6 is 39.1 Å². The summed E-state index contributed by atoms with van der Waals surface area (Å²) in [4.78, 5) is 0.173. The van der Waals surface area contributed by atoms with Gasteiger partial charge in [0.25, 0.3) is 0 Å². The highest BCUT2D eigenvalue weighted by Gasteiger charge is 1.96. The van der Waals surface area contributed by atoms with E-state index in [2.05, 4.69) is 15.9 Å². The molecule has 0 spiro atoms. The number of hydrogen-bond donors (Lipinski definition) is 0. The van der Waals surface area contributed by atoms with Crippen LogP contribution < -0.4 is 0 Å². The number of hydrogen-bond acceptors (Lipinski definition) is 0. The number of allylic oxidation sites excluding steroid dienone is 1. The smallest absolute Gasteiger partial charge is 0.0483 e. The molecule has 0 amide bonds. The molecule has 0 aromatic heterocycles. The molecule has 0 radical (unpaired) electrons. The van der Waals surface area contributed by atoms with E-state index < -0.39 is 0 Å². The zero-order valence-electron chi connectivity index (χ0n) is 3.79. The van der Waals surface area contributed by atoms with Crippen molar-refractivity contribution in [3.8, 4) is 0 Å². The van der Waals surface area contributed by atoms with E-state index in [0.717, 1.165) is 0 Å². The molecule has 0 N–H and O–H groups in total. The molecule has 0 rings (SSSR count). The van der Waals surface area contributed by atoms with Crippen molar-refractivity contribution in [1.29, 1.82) is 0 Å². The van der Waals surface area contributed by atoms with E-state index in [4.69, 9.17) is 23.2 Å². The fraction of sp³-hybridized carbons (Fsp3) is 0.500. The second-order valence-electron chi connectivity index (χ2n) is 1.11.